The molecule has 1 atom stereocenters. The van der Waals surface area contributed by atoms with Gasteiger partial charge in [0.2, 0.25) is 0 Å². The first-order valence-corrected chi connectivity index (χ1v) is 5.72. The molecule has 0 saturated heterocycles. The summed E-state index contributed by atoms with van der Waals surface area (Å²) in [6.07, 6.45) is -1.28. The number of hydrogen-bond acceptors (Lipinski definition) is 5. The van der Waals surface area contributed by atoms with Crippen LogP contribution in [0.5, 0.6) is 0 Å². The third-order valence-corrected chi connectivity index (χ3v) is 2.16. The summed E-state index contributed by atoms with van der Waals surface area (Å²) in [6, 6.07) is 6.94. The number of carbonyl (C=O) groups excluding carboxylic acids is 1. The van der Waals surface area contributed by atoms with Crippen LogP contribution in [0.15, 0.2) is 24.3 Å². The Morgan fingerprint density at radius 2 is 1.94 bits per heavy atom. The smallest absolute Gasteiger partial charge is 0.411 e. The second-order valence-electron chi connectivity index (χ2n) is 3.64. The van der Waals surface area contributed by atoms with E-state index in [0.717, 1.165) is 5.69 Å². The molecule has 0 aromatic heterocycles. The van der Waals surface area contributed by atoms with Gasteiger partial charge in [-0.3, -0.25) is 5.32 Å². The molecule has 0 spiro atoms. The Labute approximate surface area is 106 Å². The van der Waals surface area contributed by atoms with Crippen molar-refractivity contribution in [2.45, 2.75) is 13.0 Å². The summed E-state index contributed by atoms with van der Waals surface area (Å²) in [5.41, 5.74) is 1.42. The second-order valence-corrected chi connectivity index (χ2v) is 3.64. The van der Waals surface area contributed by atoms with E-state index in [1.807, 2.05) is 0 Å². The summed E-state index contributed by atoms with van der Waals surface area (Å²) < 4.78 is 4.74. The summed E-state index contributed by atoms with van der Waals surface area (Å²) >= 11 is 0. The van der Waals surface area contributed by atoms with E-state index in [1.54, 1.807) is 31.2 Å². The lowest BCUT2D eigenvalue weighted by atomic mass is 10.2. The molecular formula is C12H18N2O4. The highest BCUT2D eigenvalue weighted by atomic mass is 16.5. The molecule has 0 bridgehead atoms. The number of aliphatic hydroxyl groups is 2. The third kappa shape index (κ3) is 5.03. The molecule has 0 aliphatic heterocycles. The summed E-state index contributed by atoms with van der Waals surface area (Å²) in [6.45, 7) is 2.04. The van der Waals surface area contributed by atoms with Crippen molar-refractivity contribution in [3.8, 4) is 0 Å². The minimum atomic E-state index is -0.790. The molecule has 6 nitrogen and oxygen atoms in total. The highest BCUT2D eigenvalue weighted by molar-refractivity contribution is 5.84. The van der Waals surface area contributed by atoms with Crippen LogP contribution in [-0.4, -0.2) is 42.2 Å². The third-order valence-electron chi connectivity index (χ3n) is 2.16. The van der Waals surface area contributed by atoms with Crippen LogP contribution in [0.1, 0.15) is 6.92 Å². The van der Waals surface area contributed by atoms with Gasteiger partial charge in [0.25, 0.3) is 0 Å². The molecule has 0 radical (unpaired) electrons. The molecule has 4 N–H and O–H groups in total. The molecule has 6 heteroatoms. The summed E-state index contributed by atoms with van der Waals surface area (Å²) in [7, 11) is 0. The molecule has 0 saturated carbocycles. The normalized spacial score (nSPS) is 11.7. The number of rotatable bonds is 6. The summed E-state index contributed by atoms with van der Waals surface area (Å²) in [5, 5.41) is 23.3. The number of anilines is 2. The van der Waals surface area contributed by atoms with Gasteiger partial charge in [-0.2, -0.15) is 0 Å². The van der Waals surface area contributed by atoms with Crippen LogP contribution in [0.3, 0.4) is 0 Å². The SMILES string of the molecule is CCOC(=O)Nc1ccc(NCC(O)CO)cc1. The van der Waals surface area contributed by atoms with Gasteiger partial charge < -0.3 is 20.3 Å². The molecule has 0 aliphatic rings. The first-order chi connectivity index (χ1) is 8.65. The number of amides is 1. The fourth-order valence-electron chi connectivity index (χ4n) is 1.26. The first kappa shape index (κ1) is 14.3. The van der Waals surface area contributed by atoms with E-state index in [0.29, 0.717) is 12.3 Å². The number of ether oxygens (including phenoxy) is 1. The predicted molar refractivity (Wildman–Crippen MR) is 68.7 cm³/mol. The van der Waals surface area contributed by atoms with Gasteiger partial charge in [-0.15, -0.1) is 0 Å². The van der Waals surface area contributed by atoms with Crippen LogP contribution < -0.4 is 10.6 Å². The molecule has 1 aromatic carbocycles. The van der Waals surface area contributed by atoms with Crippen LogP contribution >= 0.6 is 0 Å². The lowest BCUT2D eigenvalue weighted by Gasteiger charge is -2.11. The highest BCUT2D eigenvalue weighted by Gasteiger charge is 2.03. The quantitative estimate of drug-likeness (QED) is 0.608. The van der Waals surface area contributed by atoms with E-state index in [2.05, 4.69) is 10.6 Å². The van der Waals surface area contributed by atoms with Crippen LogP contribution in [0.4, 0.5) is 16.2 Å². The minimum Gasteiger partial charge on any atom is -0.450 e. The van der Waals surface area contributed by atoms with Gasteiger partial charge in [0, 0.05) is 17.9 Å². The maximum absolute atomic E-state index is 11.1. The first-order valence-electron chi connectivity index (χ1n) is 5.72. The van der Waals surface area contributed by atoms with Crippen molar-refractivity contribution in [3.63, 3.8) is 0 Å². The zero-order valence-electron chi connectivity index (χ0n) is 10.2. The Bertz CT molecular complexity index is 367. The average Bonchev–Trinajstić information content (AvgIpc) is 2.37. The highest BCUT2D eigenvalue weighted by Crippen LogP contribution is 2.13. The maximum atomic E-state index is 11.1. The molecule has 0 fully saturated rings. The van der Waals surface area contributed by atoms with Crippen molar-refractivity contribution >= 4 is 17.5 Å². The summed E-state index contributed by atoms with van der Waals surface area (Å²) in [5.74, 6) is 0. The summed E-state index contributed by atoms with van der Waals surface area (Å²) in [4.78, 5) is 11.1. The van der Waals surface area contributed by atoms with Gasteiger partial charge in [-0.05, 0) is 31.2 Å². The van der Waals surface area contributed by atoms with Gasteiger partial charge in [0.15, 0.2) is 0 Å². The molecule has 1 rings (SSSR count). The van der Waals surface area contributed by atoms with Gasteiger partial charge in [-0.25, -0.2) is 4.79 Å². The standard InChI is InChI=1S/C12H18N2O4/c1-2-18-12(17)14-10-5-3-9(4-6-10)13-7-11(16)8-15/h3-6,11,13,15-16H,2,7-8H2,1H3,(H,14,17). The van der Waals surface area contributed by atoms with E-state index in [9.17, 15) is 4.79 Å². The van der Waals surface area contributed by atoms with Crippen molar-refractivity contribution in [2.75, 3.05) is 30.4 Å². The topological polar surface area (TPSA) is 90.8 Å². The van der Waals surface area contributed by atoms with E-state index in [-0.39, 0.29) is 13.2 Å². The van der Waals surface area contributed by atoms with Crippen molar-refractivity contribution in [2.24, 2.45) is 0 Å². The van der Waals surface area contributed by atoms with Crippen LogP contribution in [0.25, 0.3) is 0 Å². The van der Waals surface area contributed by atoms with E-state index in [4.69, 9.17) is 14.9 Å². The number of benzene rings is 1. The lowest BCUT2D eigenvalue weighted by molar-refractivity contribution is 0.105. The molecule has 1 aromatic rings. The maximum Gasteiger partial charge on any atom is 0.411 e. The number of hydrogen-bond donors (Lipinski definition) is 4. The number of nitrogens with one attached hydrogen (secondary N) is 2. The van der Waals surface area contributed by atoms with Crippen LogP contribution in [0.2, 0.25) is 0 Å². The Hall–Kier alpha value is -1.79. The Balaban J connectivity index is 2.44. The van der Waals surface area contributed by atoms with Crippen molar-refractivity contribution in [1.82, 2.24) is 0 Å². The Morgan fingerprint density at radius 1 is 1.33 bits per heavy atom. The molecule has 0 aliphatic carbocycles. The monoisotopic (exact) mass is 254 g/mol. The van der Waals surface area contributed by atoms with E-state index >= 15 is 0 Å². The number of aliphatic hydroxyl groups excluding tert-OH is 2. The molecule has 1 unspecified atom stereocenters. The van der Waals surface area contributed by atoms with Crippen molar-refractivity contribution < 1.29 is 19.7 Å². The van der Waals surface area contributed by atoms with Gasteiger partial charge in [0.05, 0.1) is 19.3 Å². The van der Waals surface area contributed by atoms with Gasteiger partial charge >= 0.3 is 6.09 Å². The Kier molecular flexibility index (Phi) is 5.96. The fraction of sp³-hybridized carbons (Fsp3) is 0.417. The van der Waals surface area contributed by atoms with E-state index < -0.39 is 12.2 Å². The van der Waals surface area contributed by atoms with Crippen molar-refractivity contribution in [1.29, 1.82) is 0 Å². The van der Waals surface area contributed by atoms with Gasteiger partial charge in [-0.1, -0.05) is 0 Å². The minimum absolute atomic E-state index is 0.265. The molecule has 1 amide bonds. The average molecular weight is 254 g/mol. The van der Waals surface area contributed by atoms with Crippen LogP contribution in [0, 0.1) is 0 Å². The molecular weight excluding hydrogens is 236 g/mol. The second kappa shape index (κ2) is 7.52. The largest absolute Gasteiger partial charge is 0.450 e. The molecule has 0 heterocycles. The molecule has 18 heavy (non-hydrogen) atoms. The van der Waals surface area contributed by atoms with Crippen LogP contribution in [-0.2, 0) is 4.74 Å². The van der Waals surface area contributed by atoms with E-state index in [1.165, 1.54) is 0 Å². The van der Waals surface area contributed by atoms with Gasteiger partial charge in [0.1, 0.15) is 0 Å². The van der Waals surface area contributed by atoms with Crippen molar-refractivity contribution in [3.05, 3.63) is 24.3 Å². The predicted octanol–water partition coefficient (Wildman–Crippen LogP) is 1.02. The zero-order chi connectivity index (χ0) is 13.4. The zero-order valence-corrected chi connectivity index (χ0v) is 10.2. The molecule has 100 valence electrons. The lowest BCUT2D eigenvalue weighted by Crippen LogP contribution is -2.22. The fourth-order valence-corrected chi connectivity index (χ4v) is 1.26. The number of carbonyl (C=O) groups is 1. The Morgan fingerprint density at radius 3 is 2.50 bits per heavy atom.